The fourth-order valence-corrected chi connectivity index (χ4v) is 3.81. The standard InChI is InChI=1S/C24H30O6/c1-25-12-13-26-17-27-15-18-9-10-22-21(14-18)24(30-23-8-4-5-11-28-23)20-7-3-2-6-19(20)16-29-22/h2-3,6-7,9-10,14,23-24H,4-5,8,11-13,15-17H2,1H3. The lowest BCUT2D eigenvalue weighted by atomic mass is 9.96. The van der Waals surface area contributed by atoms with Gasteiger partial charge in [-0.1, -0.05) is 30.3 Å². The molecule has 2 aliphatic heterocycles. The smallest absolute Gasteiger partial charge is 0.158 e. The maximum Gasteiger partial charge on any atom is 0.158 e. The first-order valence-electron chi connectivity index (χ1n) is 10.6. The van der Waals surface area contributed by atoms with Gasteiger partial charge < -0.3 is 28.4 Å². The third-order valence-electron chi connectivity index (χ3n) is 5.37. The SMILES string of the molecule is COCCOCOCc1ccc2c(c1)C(OC1CCCCO1)c1ccccc1CO2. The predicted molar refractivity (Wildman–Crippen MR) is 111 cm³/mol. The van der Waals surface area contributed by atoms with Gasteiger partial charge in [0, 0.05) is 19.3 Å². The number of hydrogen-bond acceptors (Lipinski definition) is 6. The van der Waals surface area contributed by atoms with Crippen LogP contribution < -0.4 is 4.74 Å². The van der Waals surface area contributed by atoms with Crippen LogP contribution in [0.25, 0.3) is 0 Å². The summed E-state index contributed by atoms with van der Waals surface area (Å²) < 4.78 is 34.5. The van der Waals surface area contributed by atoms with E-state index >= 15 is 0 Å². The molecule has 0 spiro atoms. The van der Waals surface area contributed by atoms with E-state index in [2.05, 4.69) is 18.2 Å². The van der Waals surface area contributed by atoms with Gasteiger partial charge in [0.1, 0.15) is 25.3 Å². The van der Waals surface area contributed by atoms with Crippen molar-refractivity contribution >= 4 is 0 Å². The van der Waals surface area contributed by atoms with Crippen LogP contribution in [0.3, 0.4) is 0 Å². The Morgan fingerprint density at radius 3 is 2.80 bits per heavy atom. The number of benzene rings is 2. The van der Waals surface area contributed by atoms with Gasteiger partial charge in [-0.05, 0) is 48.1 Å². The second-order valence-corrected chi connectivity index (χ2v) is 7.54. The quantitative estimate of drug-likeness (QED) is 0.449. The zero-order chi connectivity index (χ0) is 20.6. The van der Waals surface area contributed by atoms with Crippen molar-refractivity contribution in [2.45, 2.75) is 44.9 Å². The number of methoxy groups -OCH3 is 1. The molecule has 2 atom stereocenters. The Balaban J connectivity index is 1.53. The van der Waals surface area contributed by atoms with Crippen LogP contribution in [0.2, 0.25) is 0 Å². The Morgan fingerprint density at radius 2 is 1.93 bits per heavy atom. The molecule has 162 valence electrons. The zero-order valence-electron chi connectivity index (χ0n) is 17.5. The van der Waals surface area contributed by atoms with Crippen LogP contribution in [0.1, 0.15) is 47.6 Å². The van der Waals surface area contributed by atoms with Gasteiger partial charge in [-0.15, -0.1) is 0 Å². The first-order valence-corrected chi connectivity index (χ1v) is 10.6. The highest BCUT2D eigenvalue weighted by Crippen LogP contribution is 2.40. The molecule has 2 aromatic rings. The summed E-state index contributed by atoms with van der Waals surface area (Å²) in [5, 5.41) is 0. The van der Waals surface area contributed by atoms with Gasteiger partial charge in [-0.3, -0.25) is 0 Å². The van der Waals surface area contributed by atoms with Crippen molar-refractivity contribution in [2.75, 3.05) is 33.7 Å². The molecule has 0 aromatic heterocycles. The van der Waals surface area contributed by atoms with Crippen LogP contribution in [0.5, 0.6) is 5.75 Å². The first kappa shape index (κ1) is 21.3. The summed E-state index contributed by atoms with van der Waals surface area (Å²) in [5.74, 6) is 0.840. The van der Waals surface area contributed by atoms with Gasteiger partial charge in [0.15, 0.2) is 6.29 Å². The molecule has 6 heteroatoms. The molecule has 0 amide bonds. The summed E-state index contributed by atoms with van der Waals surface area (Å²) in [7, 11) is 1.65. The van der Waals surface area contributed by atoms with Crippen molar-refractivity contribution in [1.29, 1.82) is 0 Å². The summed E-state index contributed by atoms with van der Waals surface area (Å²) in [6.07, 6.45) is 2.70. The van der Waals surface area contributed by atoms with Crippen LogP contribution in [-0.4, -0.2) is 40.0 Å². The lowest BCUT2D eigenvalue weighted by molar-refractivity contribution is -0.181. The molecule has 2 aliphatic rings. The number of rotatable bonds is 9. The predicted octanol–water partition coefficient (Wildman–Crippen LogP) is 4.35. The van der Waals surface area contributed by atoms with E-state index in [4.69, 9.17) is 28.4 Å². The Bertz CT molecular complexity index is 802. The third-order valence-corrected chi connectivity index (χ3v) is 5.37. The lowest BCUT2D eigenvalue weighted by Crippen LogP contribution is -2.25. The Hall–Kier alpha value is -1.96. The van der Waals surface area contributed by atoms with E-state index < -0.39 is 0 Å². The molecule has 6 nitrogen and oxygen atoms in total. The van der Waals surface area contributed by atoms with E-state index in [0.29, 0.717) is 26.4 Å². The van der Waals surface area contributed by atoms with Crippen LogP contribution in [0.15, 0.2) is 42.5 Å². The maximum atomic E-state index is 6.51. The van der Waals surface area contributed by atoms with Crippen LogP contribution in [0.4, 0.5) is 0 Å². The molecular weight excluding hydrogens is 384 g/mol. The van der Waals surface area contributed by atoms with Crippen molar-refractivity contribution in [3.05, 3.63) is 64.7 Å². The molecular formula is C24H30O6. The zero-order valence-corrected chi connectivity index (χ0v) is 17.5. The molecule has 0 N–H and O–H groups in total. The van der Waals surface area contributed by atoms with Gasteiger partial charge in [-0.25, -0.2) is 0 Å². The highest BCUT2D eigenvalue weighted by atomic mass is 16.7. The maximum absolute atomic E-state index is 6.51. The van der Waals surface area contributed by atoms with E-state index in [1.165, 1.54) is 0 Å². The first-order chi connectivity index (χ1) is 14.8. The second kappa shape index (κ2) is 10.9. The molecule has 0 aliphatic carbocycles. The van der Waals surface area contributed by atoms with Crippen molar-refractivity contribution < 1.29 is 28.4 Å². The summed E-state index contributed by atoms with van der Waals surface area (Å²) in [5.41, 5.74) is 4.33. The fourth-order valence-electron chi connectivity index (χ4n) is 3.81. The van der Waals surface area contributed by atoms with Crippen molar-refractivity contribution in [3.8, 4) is 5.75 Å². The highest BCUT2D eigenvalue weighted by molar-refractivity contribution is 5.47. The Kier molecular flexibility index (Phi) is 7.72. The monoisotopic (exact) mass is 414 g/mol. The normalized spacial score (nSPS) is 20.7. The van der Waals surface area contributed by atoms with E-state index in [-0.39, 0.29) is 19.2 Å². The topological polar surface area (TPSA) is 55.4 Å². The van der Waals surface area contributed by atoms with Gasteiger partial charge in [0.25, 0.3) is 0 Å². The molecule has 0 radical (unpaired) electrons. The van der Waals surface area contributed by atoms with Gasteiger partial charge >= 0.3 is 0 Å². The molecule has 2 aromatic carbocycles. The molecule has 0 bridgehead atoms. The minimum atomic E-state index is -0.236. The molecule has 30 heavy (non-hydrogen) atoms. The summed E-state index contributed by atoms with van der Waals surface area (Å²) >= 11 is 0. The van der Waals surface area contributed by atoms with E-state index in [1.54, 1.807) is 7.11 Å². The van der Waals surface area contributed by atoms with Crippen molar-refractivity contribution in [3.63, 3.8) is 0 Å². The van der Waals surface area contributed by atoms with E-state index in [9.17, 15) is 0 Å². The number of fused-ring (bicyclic) bond motifs is 2. The summed E-state index contributed by atoms with van der Waals surface area (Å²) in [6.45, 7) is 3.03. The Labute approximate surface area is 178 Å². The van der Waals surface area contributed by atoms with Crippen molar-refractivity contribution in [2.24, 2.45) is 0 Å². The van der Waals surface area contributed by atoms with Gasteiger partial charge in [0.2, 0.25) is 0 Å². The van der Waals surface area contributed by atoms with Gasteiger partial charge in [0.05, 0.1) is 19.8 Å². The molecule has 2 heterocycles. The lowest BCUT2D eigenvalue weighted by Gasteiger charge is -2.28. The second-order valence-electron chi connectivity index (χ2n) is 7.54. The molecule has 1 fully saturated rings. The number of ether oxygens (including phenoxy) is 6. The summed E-state index contributed by atoms with van der Waals surface area (Å²) in [4.78, 5) is 0. The van der Waals surface area contributed by atoms with E-state index in [1.807, 2.05) is 24.3 Å². The van der Waals surface area contributed by atoms with Gasteiger partial charge in [-0.2, -0.15) is 0 Å². The molecule has 1 saturated heterocycles. The Morgan fingerprint density at radius 1 is 1.00 bits per heavy atom. The number of hydrogen-bond donors (Lipinski definition) is 0. The van der Waals surface area contributed by atoms with Crippen molar-refractivity contribution in [1.82, 2.24) is 0 Å². The minimum absolute atomic E-state index is 0.197. The molecule has 4 rings (SSSR count). The fraction of sp³-hybridized carbons (Fsp3) is 0.500. The average molecular weight is 414 g/mol. The van der Waals surface area contributed by atoms with Crippen LogP contribution in [-0.2, 0) is 36.9 Å². The van der Waals surface area contributed by atoms with E-state index in [0.717, 1.165) is 53.9 Å². The molecule has 2 unspecified atom stereocenters. The van der Waals surface area contributed by atoms with Crippen LogP contribution in [0, 0.1) is 0 Å². The third kappa shape index (κ3) is 5.39. The summed E-state index contributed by atoms with van der Waals surface area (Å²) in [6, 6.07) is 14.4. The van der Waals surface area contributed by atoms with Crippen LogP contribution >= 0.6 is 0 Å². The largest absolute Gasteiger partial charge is 0.488 e. The minimum Gasteiger partial charge on any atom is -0.488 e. The highest BCUT2D eigenvalue weighted by Gasteiger charge is 2.29. The molecule has 0 saturated carbocycles. The average Bonchev–Trinajstić information content (AvgIpc) is 2.94.